The first-order valence-electron chi connectivity index (χ1n) is 8.22. The number of nitrogens with one attached hydrogen (secondary N) is 1. The summed E-state index contributed by atoms with van der Waals surface area (Å²) in [7, 11) is 0. The molecule has 0 spiro atoms. The maximum Gasteiger partial charge on any atom is 0.322 e. The van der Waals surface area contributed by atoms with Crippen molar-refractivity contribution in [1.82, 2.24) is 10.2 Å². The van der Waals surface area contributed by atoms with Crippen molar-refractivity contribution in [2.45, 2.75) is 25.7 Å². The lowest BCUT2D eigenvalue weighted by Gasteiger charge is -2.16. The second-order valence-corrected chi connectivity index (χ2v) is 6.07. The van der Waals surface area contributed by atoms with Crippen LogP contribution in [0.15, 0.2) is 46.9 Å². The molecule has 1 heterocycles. The average Bonchev–Trinajstić information content (AvgIpc) is 3.10. The Balaban J connectivity index is 1.52. The van der Waals surface area contributed by atoms with Gasteiger partial charge in [-0.2, -0.15) is 0 Å². The third-order valence-electron chi connectivity index (χ3n) is 4.33. The van der Waals surface area contributed by atoms with Gasteiger partial charge >= 0.3 is 6.01 Å². The van der Waals surface area contributed by atoms with E-state index in [1.54, 1.807) is 12.1 Å². The highest BCUT2D eigenvalue weighted by Crippen LogP contribution is 2.23. The fourth-order valence-corrected chi connectivity index (χ4v) is 3.06. The van der Waals surface area contributed by atoms with E-state index in [-0.39, 0.29) is 17.8 Å². The molecule has 1 aromatic heterocycles. The van der Waals surface area contributed by atoms with Gasteiger partial charge in [0.15, 0.2) is 0 Å². The van der Waals surface area contributed by atoms with Crippen LogP contribution in [0.5, 0.6) is 0 Å². The van der Waals surface area contributed by atoms with Crippen molar-refractivity contribution in [2.24, 2.45) is 0 Å². The Morgan fingerprint density at radius 3 is 2.72 bits per heavy atom. The van der Waals surface area contributed by atoms with Crippen LogP contribution in [0.25, 0.3) is 11.5 Å². The van der Waals surface area contributed by atoms with Crippen LogP contribution in [0.1, 0.15) is 34.3 Å². The van der Waals surface area contributed by atoms with Gasteiger partial charge in [0.25, 0.3) is 5.91 Å². The number of hydrogen-bond acceptors (Lipinski definition) is 4. The van der Waals surface area contributed by atoms with E-state index in [4.69, 9.17) is 4.42 Å². The normalized spacial score (nSPS) is 13.3. The van der Waals surface area contributed by atoms with E-state index in [2.05, 4.69) is 15.5 Å². The van der Waals surface area contributed by atoms with Crippen LogP contribution in [0.2, 0.25) is 0 Å². The van der Waals surface area contributed by atoms with Crippen LogP contribution in [0.4, 0.5) is 10.4 Å². The van der Waals surface area contributed by atoms with Crippen molar-refractivity contribution < 1.29 is 13.6 Å². The zero-order valence-electron chi connectivity index (χ0n) is 13.5. The number of anilines is 1. The summed E-state index contributed by atoms with van der Waals surface area (Å²) in [4.78, 5) is 12.4. The Bertz CT molecular complexity index is 936. The first-order valence-corrected chi connectivity index (χ1v) is 8.22. The summed E-state index contributed by atoms with van der Waals surface area (Å²) in [5.41, 5.74) is 3.56. The van der Waals surface area contributed by atoms with E-state index < -0.39 is 5.82 Å². The molecule has 4 rings (SSSR count). The quantitative estimate of drug-likeness (QED) is 0.784. The standard InChI is InChI=1S/C19H16FN3O2/c20-16-7-3-6-15(11-16)18-22-23-19(25-18)21-17(24)14-9-8-12-4-1-2-5-13(12)10-14/h3,6-11H,1-2,4-5H2,(H,21,23,24). The average molecular weight is 337 g/mol. The Kier molecular flexibility index (Phi) is 4.01. The minimum atomic E-state index is -0.393. The molecular weight excluding hydrogens is 321 g/mol. The predicted molar refractivity (Wildman–Crippen MR) is 90.7 cm³/mol. The van der Waals surface area contributed by atoms with Gasteiger partial charge in [-0.05, 0) is 67.1 Å². The number of nitrogens with zero attached hydrogens (tertiary/aromatic N) is 2. The second-order valence-electron chi connectivity index (χ2n) is 6.07. The molecule has 2 aromatic carbocycles. The number of carbonyl (C=O) groups excluding carboxylic acids is 1. The highest BCUT2D eigenvalue weighted by Gasteiger charge is 2.16. The van der Waals surface area contributed by atoms with Gasteiger partial charge < -0.3 is 4.42 Å². The van der Waals surface area contributed by atoms with Gasteiger partial charge in [-0.15, -0.1) is 5.10 Å². The molecule has 25 heavy (non-hydrogen) atoms. The highest BCUT2D eigenvalue weighted by molar-refractivity contribution is 6.03. The summed E-state index contributed by atoms with van der Waals surface area (Å²) in [6.45, 7) is 0. The van der Waals surface area contributed by atoms with Crippen molar-refractivity contribution in [3.8, 4) is 11.5 Å². The van der Waals surface area contributed by atoms with Gasteiger partial charge in [-0.25, -0.2) is 4.39 Å². The Morgan fingerprint density at radius 1 is 1.04 bits per heavy atom. The zero-order valence-corrected chi connectivity index (χ0v) is 13.5. The number of amides is 1. The smallest absolute Gasteiger partial charge is 0.322 e. The molecule has 0 bridgehead atoms. The monoisotopic (exact) mass is 337 g/mol. The van der Waals surface area contributed by atoms with E-state index in [0.717, 1.165) is 19.3 Å². The Morgan fingerprint density at radius 2 is 1.88 bits per heavy atom. The van der Waals surface area contributed by atoms with Crippen molar-refractivity contribution in [1.29, 1.82) is 0 Å². The van der Waals surface area contributed by atoms with Crippen molar-refractivity contribution in [2.75, 3.05) is 5.32 Å². The lowest BCUT2D eigenvalue weighted by atomic mass is 9.90. The van der Waals surface area contributed by atoms with Crippen LogP contribution >= 0.6 is 0 Å². The molecule has 5 nitrogen and oxygen atoms in total. The molecule has 0 atom stereocenters. The molecule has 0 aliphatic heterocycles. The number of hydrogen-bond donors (Lipinski definition) is 1. The highest BCUT2D eigenvalue weighted by atomic mass is 19.1. The van der Waals surface area contributed by atoms with E-state index in [1.165, 1.54) is 29.7 Å². The number of fused-ring (bicyclic) bond motifs is 1. The topological polar surface area (TPSA) is 68.0 Å². The van der Waals surface area contributed by atoms with Crippen LogP contribution < -0.4 is 5.32 Å². The van der Waals surface area contributed by atoms with Gasteiger partial charge in [0.2, 0.25) is 5.89 Å². The van der Waals surface area contributed by atoms with Gasteiger partial charge in [0.1, 0.15) is 5.82 Å². The molecule has 0 radical (unpaired) electrons. The summed E-state index contributed by atoms with van der Waals surface area (Å²) in [5.74, 6) is -0.543. The molecule has 0 saturated carbocycles. The van der Waals surface area contributed by atoms with Crippen molar-refractivity contribution in [3.05, 3.63) is 65.0 Å². The van der Waals surface area contributed by atoms with E-state index >= 15 is 0 Å². The fraction of sp³-hybridized carbons (Fsp3) is 0.211. The number of aryl methyl sites for hydroxylation is 2. The Hall–Kier alpha value is -3.02. The molecule has 126 valence electrons. The maximum atomic E-state index is 13.3. The minimum Gasteiger partial charge on any atom is -0.403 e. The van der Waals surface area contributed by atoms with Crippen molar-refractivity contribution >= 4 is 11.9 Å². The van der Waals surface area contributed by atoms with Crippen LogP contribution in [-0.4, -0.2) is 16.1 Å². The van der Waals surface area contributed by atoms with E-state index in [1.807, 2.05) is 18.2 Å². The molecule has 3 aromatic rings. The first kappa shape index (κ1) is 15.5. The van der Waals surface area contributed by atoms with Gasteiger partial charge in [0, 0.05) is 11.1 Å². The Labute approximate surface area is 143 Å². The number of benzene rings is 2. The van der Waals surface area contributed by atoms with Crippen LogP contribution in [0, 0.1) is 5.82 Å². The lowest BCUT2D eigenvalue weighted by Crippen LogP contribution is -2.13. The second kappa shape index (κ2) is 6.47. The molecule has 1 aliphatic rings. The summed E-state index contributed by atoms with van der Waals surface area (Å²) in [6.07, 6.45) is 4.42. The molecule has 0 saturated heterocycles. The molecule has 6 heteroatoms. The summed E-state index contributed by atoms with van der Waals surface area (Å²) in [6, 6.07) is 11.6. The number of carbonyl (C=O) groups is 1. The zero-order chi connectivity index (χ0) is 17.2. The number of aromatic nitrogens is 2. The third kappa shape index (κ3) is 3.28. The van der Waals surface area contributed by atoms with Crippen LogP contribution in [-0.2, 0) is 12.8 Å². The largest absolute Gasteiger partial charge is 0.403 e. The van der Waals surface area contributed by atoms with E-state index in [9.17, 15) is 9.18 Å². The van der Waals surface area contributed by atoms with Gasteiger partial charge in [0.05, 0.1) is 0 Å². The fourth-order valence-electron chi connectivity index (χ4n) is 3.06. The SMILES string of the molecule is O=C(Nc1nnc(-c2cccc(F)c2)o1)c1ccc2c(c1)CCCC2. The summed E-state index contributed by atoms with van der Waals surface area (Å²) >= 11 is 0. The van der Waals surface area contributed by atoms with Gasteiger partial charge in [-0.3, -0.25) is 10.1 Å². The molecular formula is C19H16FN3O2. The summed E-state index contributed by atoms with van der Waals surface area (Å²) < 4.78 is 18.7. The maximum absolute atomic E-state index is 13.3. The first-order chi connectivity index (χ1) is 12.2. The molecule has 1 aliphatic carbocycles. The molecule has 0 unspecified atom stereocenters. The van der Waals surface area contributed by atoms with Crippen molar-refractivity contribution in [3.63, 3.8) is 0 Å². The molecule has 0 fully saturated rings. The minimum absolute atomic E-state index is 0.0121. The lowest BCUT2D eigenvalue weighted by molar-refractivity contribution is 0.102. The van der Waals surface area contributed by atoms with E-state index in [0.29, 0.717) is 11.1 Å². The number of halogens is 1. The van der Waals surface area contributed by atoms with Crippen LogP contribution in [0.3, 0.4) is 0 Å². The summed E-state index contributed by atoms with van der Waals surface area (Å²) in [5, 5.41) is 10.2. The molecule has 1 amide bonds. The molecule has 1 N–H and O–H groups in total. The number of rotatable bonds is 3. The third-order valence-corrected chi connectivity index (χ3v) is 4.33. The predicted octanol–water partition coefficient (Wildman–Crippen LogP) is 4.01. The van der Waals surface area contributed by atoms with Gasteiger partial charge in [-0.1, -0.05) is 17.2 Å².